The van der Waals surface area contributed by atoms with Gasteiger partial charge in [-0.3, -0.25) is 4.79 Å². The second-order valence-electron chi connectivity index (χ2n) is 5.71. The molecule has 1 amide bonds. The lowest BCUT2D eigenvalue weighted by Crippen LogP contribution is -2.40. The highest BCUT2D eigenvalue weighted by molar-refractivity contribution is 5.78. The molecule has 1 aromatic carbocycles. The topological polar surface area (TPSA) is 41.6 Å². The molecule has 116 valence electrons. The Morgan fingerprint density at radius 1 is 1.48 bits per heavy atom. The standard InChI is InChI=1S/C17H26N2O2/c1-4-19(17(20)12-18-11-14-8-9-14)13(2)15-6-5-7-16(10-15)21-3/h5-7,10,13-14,18H,4,8-9,11-12H2,1-3H3. The number of benzene rings is 1. The highest BCUT2D eigenvalue weighted by atomic mass is 16.5. The minimum atomic E-state index is 0.0559. The maximum absolute atomic E-state index is 12.4. The summed E-state index contributed by atoms with van der Waals surface area (Å²) in [6.45, 7) is 6.20. The van der Waals surface area contributed by atoms with Gasteiger partial charge in [-0.05, 0) is 56.8 Å². The number of amides is 1. The number of methoxy groups -OCH3 is 1. The van der Waals surface area contributed by atoms with Crippen molar-refractivity contribution in [2.24, 2.45) is 5.92 Å². The molecule has 1 atom stereocenters. The number of carbonyl (C=O) groups excluding carboxylic acids is 1. The smallest absolute Gasteiger partial charge is 0.237 e. The first-order valence-corrected chi connectivity index (χ1v) is 7.79. The van der Waals surface area contributed by atoms with E-state index in [1.165, 1.54) is 12.8 Å². The van der Waals surface area contributed by atoms with Crippen LogP contribution >= 0.6 is 0 Å². The van der Waals surface area contributed by atoms with Crippen molar-refractivity contribution >= 4 is 5.91 Å². The van der Waals surface area contributed by atoms with Gasteiger partial charge in [0.05, 0.1) is 19.7 Å². The van der Waals surface area contributed by atoms with Gasteiger partial charge in [0.2, 0.25) is 5.91 Å². The second kappa shape index (κ2) is 7.46. The first-order chi connectivity index (χ1) is 10.2. The highest BCUT2D eigenvalue weighted by Gasteiger charge is 2.23. The molecule has 21 heavy (non-hydrogen) atoms. The van der Waals surface area contributed by atoms with Gasteiger partial charge in [0.1, 0.15) is 5.75 Å². The van der Waals surface area contributed by atoms with E-state index in [2.05, 4.69) is 12.2 Å². The molecule has 1 fully saturated rings. The number of hydrogen-bond donors (Lipinski definition) is 1. The fourth-order valence-electron chi connectivity index (χ4n) is 2.55. The van der Waals surface area contributed by atoms with E-state index >= 15 is 0 Å². The molecule has 1 aliphatic carbocycles. The van der Waals surface area contributed by atoms with Crippen molar-refractivity contribution < 1.29 is 9.53 Å². The second-order valence-corrected chi connectivity index (χ2v) is 5.71. The van der Waals surface area contributed by atoms with E-state index in [-0.39, 0.29) is 11.9 Å². The predicted molar refractivity (Wildman–Crippen MR) is 84.4 cm³/mol. The molecule has 0 radical (unpaired) electrons. The predicted octanol–water partition coefficient (Wildman–Crippen LogP) is 2.60. The molecular formula is C17H26N2O2. The molecule has 0 spiro atoms. The summed E-state index contributed by atoms with van der Waals surface area (Å²) in [5.74, 6) is 1.78. The van der Waals surface area contributed by atoms with Crippen molar-refractivity contribution in [1.29, 1.82) is 0 Å². The number of carbonyl (C=O) groups is 1. The number of likely N-dealkylation sites (N-methyl/N-ethyl adjacent to an activating group) is 1. The Morgan fingerprint density at radius 2 is 2.24 bits per heavy atom. The van der Waals surface area contributed by atoms with E-state index < -0.39 is 0 Å². The van der Waals surface area contributed by atoms with Gasteiger partial charge in [-0.15, -0.1) is 0 Å². The van der Waals surface area contributed by atoms with Crippen molar-refractivity contribution in [3.8, 4) is 5.75 Å². The van der Waals surface area contributed by atoms with Crippen molar-refractivity contribution in [3.05, 3.63) is 29.8 Å². The SMILES string of the molecule is CCN(C(=O)CNCC1CC1)C(C)c1cccc(OC)c1. The number of hydrogen-bond acceptors (Lipinski definition) is 3. The Balaban J connectivity index is 1.95. The van der Waals surface area contributed by atoms with Crippen molar-refractivity contribution in [3.63, 3.8) is 0 Å². The summed E-state index contributed by atoms with van der Waals surface area (Å²) in [6, 6.07) is 7.99. The van der Waals surface area contributed by atoms with Crippen LogP contribution in [-0.4, -0.2) is 37.6 Å². The first kappa shape index (κ1) is 15.8. The molecule has 1 N–H and O–H groups in total. The molecule has 0 bridgehead atoms. The van der Waals surface area contributed by atoms with Gasteiger partial charge in [-0.1, -0.05) is 12.1 Å². The summed E-state index contributed by atoms with van der Waals surface area (Å²) < 4.78 is 5.26. The van der Waals surface area contributed by atoms with Crippen LogP contribution in [0.2, 0.25) is 0 Å². The molecule has 1 saturated carbocycles. The summed E-state index contributed by atoms with van der Waals surface area (Å²) in [6.07, 6.45) is 2.61. The van der Waals surface area contributed by atoms with E-state index in [4.69, 9.17) is 4.74 Å². The summed E-state index contributed by atoms with van der Waals surface area (Å²) >= 11 is 0. The maximum atomic E-state index is 12.4. The van der Waals surface area contributed by atoms with Gasteiger partial charge in [0, 0.05) is 6.54 Å². The van der Waals surface area contributed by atoms with E-state index in [1.54, 1.807) is 7.11 Å². The molecule has 2 rings (SSSR count). The molecule has 0 heterocycles. The largest absolute Gasteiger partial charge is 0.497 e. The van der Waals surface area contributed by atoms with Crippen molar-refractivity contribution in [1.82, 2.24) is 10.2 Å². The lowest BCUT2D eigenvalue weighted by atomic mass is 10.1. The molecule has 4 nitrogen and oxygen atoms in total. The van der Waals surface area contributed by atoms with Gasteiger partial charge in [0.15, 0.2) is 0 Å². The molecule has 0 aromatic heterocycles. The van der Waals surface area contributed by atoms with Crippen LogP contribution in [0, 0.1) is 5.92 Å². The molecule has 0 aliphatic heterocycles. The van der Waals surface area contributed by atoms with Gasteiger partial charge < -0.3 is 15.0 Å². The van der Waals surface area contributed by atoms with Gasteiger partial charge in [-0.25, -0.2) is 0 Å². The molecular weight excluding hydrogens is 264 g/mol. The van der Waals surface area contributed by atoms with Crippen LogP contribution in [0.3, 0.4) is 0 Å². The van der Waals surface area contributed by atoms with E-state index in [0.29, 0.717) is 13.1 Å². The maximum Gasteiger partial charge on any atom is 0.237 e. The van der Waals surface area contributed by atoms with Gasteiger partial charge >= 0.3 is 0 Å². The Kier molecular flexibility index (Phi) is 5.62. The Labute approximate surface area is 127 Å². The molecule has 4 heteroatoms. The van der Waals surface area contributed by atoms with Crippen LogP contribution in [0.1, 0.15) is 38.3 Å². The summed E-state index contributed by atoms with van der Waals surface area (Å²) in [5, 5.41) is 3.27. The first-order valence-electron chi connectivity index (χ1n) is 7.79. The molecule has 0 saturated heterocycles. The monoisotopic (exact) mass is 290 g/mol. The Bertz CT molecular complexity index is 472. The Morgan fingerprint density at radius 3 is 2.86 bits per heavy atom. The average Bonchev–Trinajstić information content (AvgIpc) is 3.32. The number of nitrogens with one attached hydrogen (secondary N) is 1. The zero-order valence-electron chi connectivity index (χ0n) is 13.3. The van der Waals surface area contributed by atoms with Crippen molar-refractivity contribution in [2.75, 3.05) is 26.7 Å². The van der Waals surface area contributed by atoms with Crippen LogP contribution in [0.4, 0.5) is 0 Å². The molecule has 1 aliphatic rings. The molecule has 1 unspecified atom stereocenters. The lowest BCUT2D eigenvalue weighted by molar-refractivity contribution is -0.132. The third-order valence-corrected chi connectivity index (χ3v) is 4.11. The van der Waals surface area contributed by atoms with Crippen molar-refractivity contribution in [2.45, 2.75) is 32.7 Å². The fraction of sp³-hybridized carbons (Fsp3) is 0.588. The van der Waals surface area contributed by atoms with E-state index in [1.807, 2.05) is 36.1 Å². The minimum Gasteiger partial charge on any atom is -0.497 e. The van der Waals surface area contributed by atoms with Crippen LogP contribution < -0.4 is 10.1 Å². The van der Waals surface area contributed by atoms with Gasteiger partial charge in [-0.2, -0.15) is 0 Å². The Hall–Kier alpha value is -1.55. The summed E-state index contributed by atoms with van der Waals surface area (Å²) in [5.41, 5.74) is 1.10. The normalized spacial score (nSPS) is 15.6. The molecule has 1 aromatic rings. The van der Waals surface area contributed by atoms with Crippen LogP contribution in [0.25, 0.3) is 0 Å². The number of nitrogens with zero attached hydrogens (tertiary/aromatic N) is 1. The summed E-state index contributed by atoms with van der Waals surface area (Å²) in [4.78, 5) is 14.3. The van der Waals surface area contributed by atoms with Crippen LogP contribution in [0.15, 0.2) is 24.3 Å². The third-order valence-electron chi connectivity index (χ3n) is 4.11. The minimum absolute atomic E-state index is 0.0559. The fourth-order valence-corrected chi connectivity index (χ4v) is 2.55. The zero-order valence-corrected chi connectivity index (χ0v) is 13.3. The zero-order chi connectivity index (χ0) is 15.2. The summed E-state index contributed by atoms with van der Waals surface area (Å²) in [7, 11) is 1.66. The highest BCUT2D eigenvalue weighted by Crippen LogP contribution is 2.27. The lowest BCUT2D eigenvalue weighted by Gasteiger charge is -2.29. The van der Waals surface area contributed by atoms with E-state index in [0.717, 1.165) is 23.8 Å². The average molecular weight is 290 g/mol. The van der Waals surface area contributed by atoms with E-state index in [9.17, 15) is 4.79 Å². The number of rotatable bonds is 8. The third kappa shape index (κ3) is 4.46. The quantitative estimate of drug-likeness (QED) is 0.800. The van der Waals surface area contributed by atoms with Crippen LogP contribution in [-0.2, 0) is 4.79 Å². The number of ether oxygens (including phenoxy) is 1. The van der Waals surface area contributed by atoms with Gasteiger partial charge in [0.25, 0.3) is 0 Å². The van der Waals surface area contributed by atoms with Crippen LogP contribution in [0.5, 0.6) is 5.75 Å².